The summed E-state index contributed by atoms with van der Waals surface area (Å²) < 4.78 is 10.2. The third-order valence-corrected chi connectivity index (χ3v) is 3.24. The Labute approximate surface area is 141 Å². The molecule has 4 heteroatoms. The van der Waals surface area contributed by atoms with Gasteiger partial charge in [-0.2, -0.15) is 0 Å². The fourth-order valence-corrected chi connectivity index (χ4v) is 1.86. The summed E-state index contributed by atoms with van der Waals surface area (Å²) >= 11 is 0. The number of hydrogen-bond donors (Lipinski definition) is 0. The van der Waals surface area contributed by atoms with Crippen LogP contribution >= 0.6 is 0 Å². The van der Waals surface area contributed by atoms with Gasteiger partial charge in [-0.25, -0.2) is 4.79 Å². The number of carbonyl (C=O) groups excluding carboxylic acids is 2. The maximum Gasteiger partial charge on any atom is 0.338 e. The van der Waals surface area contributed by atoms with Gasteiger partial charge < -0.3 is 9.47 Å². The largest absolute Gasteiger partial charge is 0.497 e. The van der Waals surface area contributed by atoms with Crippen molar-refractivity contribution in [2.75, 3.05) is 7.11 Å². The van der Waals surface area contributed by atoms with Crippen LogP contribution in [-0.2, 0) is 4.79 Å². The van der Waals surface area contributed by atoms with Crippen LogP contribution in [0.4, 0.5) is 0 Å². The zero-order valence-corrected chi connectivity index (χ0v) is 13.6. The molecule has 0 unspecified atom stereocenters. The van der Waals surface area contributed by atoms with Crippen LogP contribution in [0.15, 0.2) is 66.8 Å². The molecule has 0 aromatic heterocycles. The summed E-state index contributed by atoms with van der Waals surface area (Å²) in [7, 11) is 1.58. The number of rotatable bonds is 6. The molecule has 0 bridgehead atoms. The monoisotopic (exact) mass is 322 g/mol. The number of benzene rings is 2. The summed E-state index contributed by atoms with van der Waals surface area (Å²) in [5, 5.41) is 0. The van der Waals surface area contributed by atoms with Gasteiger partial charge >= 0.3 is 5.97 Å². The number of carbonyl (C=O) groups is 2. The number of allylic oxidation sites excluding steroid dienone is 1. The van der Waals surface area contributed by atoms with Gasteiger partial charge in [0.2, 0.25) is 0 Å². The fraction of sp³-hybridized carbons (Fsp3) is 0.100. The van der Waals surface area contributed by atoms with E-state index < -0.39 is 5.97 Å². The molecule has 0 atom stereocenters. The highest BCUT2D eigenvalue weighted by Gasteiger charge is 2.05. The Kier molecular flexibility index (Phi) is 5.68. The molecule has 2 rings (SSSR count). The third kappa shape index (κ3) is 4.68. The summed E-state index contributed by atoms with van der Waals surface area (Å²) in [6.45, 7) is 5.11. The van der Waals surface area contributed by atoms with E-state index in [1.807, 2.05) is 0 Å². The zero-order valence-electron chi connectivity index (χ0n) is 13.6. The Balaban J connectivity index is 2.01. The van der Waals surface area contributed by atoms with Crippen molar-refractivity contribution in [2.24, 2.45) is 0 Å². The van der Waals surface area contributed by atoms with Crippen LogP contribution in [0.5, 0.6) is 11.5 Å². The van der Waals surface area contributed by atoms with Crippen LogP contribution in [-0.4, -0.2) is 18.9 Å². The van der Waals surface area contributed by atoms with Crippen LogP contribution in [0.25, 0.3) is 6.08 Å². The van der Waals surface area contributed by atoms with Crippen LogP contribution < -0.4 is 9.47 Å². The van der Waals surface area contributed by atoms with Gasteiger partial charge in [0.25, 0.3) is 0 Å². The number of esters is 1. The molecule has 2 aromatic rings. The van der Waals surface area contributed by atoms with E-state index in [1.54, 1.807) is 68.6 Å². The van der Waals surface area contributed by atoms with Crippen LogP contribution in [0.1, 0.15) is 22.8 Å². The van der Waals surface area contributed by atoms with Crippen molar-refractivity contribution in [3.8, 4) is 11.5 Å². The zero-order chi connectivity index (χ0) is 17.5. The maximum atomic E-state index is 12.1. The van der Waals surface area contributed by atoms with E-state index in [1.165, 1.54) is 6.08 Å². The fourth-order valence-electron chi connectivity index (χ4n) is 1.86. The summed E-state index contributed by atoms with van der Waals surface area (Å²) in [6, 6.07) is 13.8. The molecule has 0 fully saturated rings. The average molecular weight is 322 g/mol. The van der Waals surface area contributed by atoms with Gasteiger partial charge in [0, 0.05) is 11.1 Å². The number of ether oxygens (including phenoxy) is 2. The lowest BCUT2D eigenvalue weighted by atomic mass is 10.1. The summed E-state index contributed by atoms with van der Waals surface area (Å²) in [4.78, 5) is 23.5. The quantitative estimate of drug-likeness (QED) is 0.348. The standard InChI is InChI=1S/C20H18O4/c1-14(2)20(22)24-18-9-4-15(5-10-18)6-13-19(21)16-7-11-17(23-3)12-8-16/h4-13H,1H2,2-3H3/b13-6-. The van der Waals surface area contributed by atoms with E-state index in [2.05, 4.69) is 6.58 Å². The first-order chi connectivity index (χ1) is 11.5. The average Bonchev–Trinajstić information content (AvgIpc) is 2.60. The van der Waals surface area contributed by atoms with Gasteiger partial charge in [0.1, 0.15) is 11.5 Å². The van der Waals surface area contributed by atoms with Gasteiger partial charge in [0.15, 0.2) is 5.78 Å². The Hall–Kier alpha value is -3.14. The van der Waals surface area contributed by atoms with E-state index in [4.69, 9.17) is 9.47 Å². The van der Waals surface area contributed by atoms with Gasteiger partial charge in [-0.05, 0) is 55.0 Å². The molecular weight excluding hydrogens is 304 g/mol. The second kappa shape index (κ2) is 7.92. The van der Waals surface area contributed by atoms with Crippen LogP contribution in [0.2, 0.25) is 0 Å². The Morgan fingerprint density at radius 1 is 0.958 bits per heavy atom. The van der Waals surface area contributed by atoms with E-state index >= 15 is 0 Å². The molecule has 0 radical (unpaired) electrons. The van der Waals surface area contributed by atoms with Crippen molar-refractivity contribution in [3.63, 3.8) is 0 Å². The molecule has 0 N–H and O–H groups in total. The predicted octanol–water partition coefficient (Wildman–Crippen LogP) is 4.07. The first-order valence-electron chi connectivity index (χ1n) is 7.34. The molecule has 24 heavy (non-hydrogen) atoms. The SMILES string of the molecule is C=C(C)C(=O)Oc1ccc(/C=C\C(=O)c2ccc(OC)cc2)cc1. The maximum absolute atomic E-state index is 12.1. The van der Waals surface area contributed by atoms with Gasteiger partial charge in [0.05, 0.1) is 7.11 Å². The molecule has 0 aliphatic rings. The van der Waals surface area contributed by atoms with Crippen LogP contribution in [0, 0.1) is 0 Å². The highest BCUT2D eigenvalue weighted by atomic mass is 16.5. The van der Waals surface area contributed by atoms with Crippen molar-refractivity contribution in [2.45, 2.75) is 6.92 Å². The highest BCUT2D eigenvalue weighted by Crippen LogP contribution is 2.16. The molecule has 0 saturated heterocycles. The lowest BCUT2D eigenvalue weighted by Crippen LogP contribution is -2.07. The minimum Gasteiger partial charge on any atom is -0.497 e. The minimum absolute atomic E-state index is 0.101. The van der Waals surface area contributed by atoms with Crippen molar-refractivity contribution < 1.29 is 19.1 Å². The smallest absolute Gasteiger partial charge is 0.338 e. The summed E-state index contributed by atoms with van der Waals surface area (Å²) in [5.41, 5.74) is 1.75. The van der Waals surface area contributed by atoms with E-state index in [9.17, 15) is 9.59 Å². The normalized spacial score (nSPS) is 10.4. The van der Waals surface area contributed by atoms with Crippen molar-refractivity contribution >= 4 is 17.8 Å². The van der Waals surface area contributed by atoms with E-state index in [0.29, 0.717) is 22.6 Å². The number of hydrogen-bond acceptors (Lipinski definition) is 4. The lowest BCUT2D eigenvalue weighted by Gasteiger charge is -2.03. The first-order valence-corrected chi connectivity index (χ1v) is 7.34. The van der Waals surface area contributed by atoms with Crippen LogP contribution in [0.3, 0.4) is 0 Å². The van der Waals surface area contributed by atoms with Crippen molar-refractivity contribution in [1.29, 1.82) is 0 Å². The first kappa shape index (κ1) is 17.2. The van der Waals surface area contributed by atoms with Gasteiger partial charge in [-0.3, -0.25) is 4.79 Å². The predicted molar refractivity (Wildman–Crippen MR) is 93.2 cm³/mol. The molecule has 0 aliphatic heterocycles. The Morgan fingerprint density at radius 3 is 2.08 bits per heavy atom. The van der Waals surface area contributed by atoms with Gasteiger partial charge in [-0.1, -0.05) is 24.8 Å². The lowest BCUT2D eigenvalue weighted by molar-refractivity contribution is -0.130. The topological polar surface area (TPSA) is 52.6 Å². The molecule has 0 spiro atoms. The molecular formula is C20H18O4. The minimum atomic E-state index is -0.465. The Bertz CT molecular complexity index is 768. The molecule has 0 heterocycles. The number of ketones is 1. The Morgan fingerprint density at radius 2 is 1.54 bits per heavy atom. The van der Waals surface area contributed by atoms with Crippen molar-refractivity contribution in [1.82, 2.24) is 0 Å². The van der Waals surface area contributed by atoms with Gasteiger partial charge in [-0.15, -0.1) is 0 Å². The molecule has 4 nitrogen and oxygen atoms in total. The molecule has 0 amide bonds. The third-order valence-electron chi connectivity index (χ3n) is 3.24. The summed E-state index contributed by atoms with van der Waals surface area (Å²) in [6.07, 6.45) is 3.20. The van der Waals surface area contributed by atoms with E-state index in [-0.39, 0.29) is 5.78 Å². The van der Waals surface area contributed by atoms with Crippen molar-refractivity contribution in [3.05, 3.63) is 77.9 Å². The molecule has 0 aliphatic carbocycles. The molecule has 122 valence electrons. The molecule has 2 aromatic carbocycles. The number of methoxy groups -OCH3 is 1. The second-order valence-corrected chi connectivity index (χ2v) is 5.16. The molecule has 0 saturated carbocycles. The van der Waals surface area contributed by atoms with E-state index in [0.717, 1.165) is 5.56 Å². The second-order valence-electron chi connectivity index (χ2n) is 5.16. The summed E-state index contributed by atoms with van der Waals surface area (Å²) in [5.74, 6) is 0.570. The highest BCUT2D eigenvalue weighted by molar-refractivity contribution is 6.06.